The van der Waals surface area contributed by atoms with Crippen molar-refractivity contribution < 1.29 is 9.47 Å². The van der Waals surface area contributed by atoms with Crippen LogP contribution in [0.15, 0.2) is 51.9 Å². The van der Waals surface area contributed by atoms with Gasteiger partial charge in [0, 0.05) is 30.2 Å². The minimum absolute atomic E-state index is 0. The van der Waals surface area contributed by atoms with Crippen molar-refractivity contribution in [2.75, 3.05) is 27.8 Å². The number of ether oxygens (including phenoxy) is 2. The van der Waals surface area contributed by atoms with Gasteiger partial charge in [0.15, 0.2) is 5.96 Å². The largest absolute Gasteiger partial charge is 0.496 e. The molecule has 2 aromatic rings. The molecule has 0 fully saturated rings. The average molecular weight is 534 g/mol. The molecule has 0 spiro atoms. The van der Waals surface area contributed by atoms with Crippen molar-refractivity contribution in [2.24, 2.45) is 4.99 Å². The summed E-state index contributed by atoms with van der Waals surface area (Å²) >= 11 is 3.49. The molecule has 2 aromatic carbocycles. The zero-order chi connectivity index (χ0) is 18.1. The number of nitrogens with one attached hydrogen (secondary N) is 2. The minimum atomic E-state index is 0. The molecule has 0 atom stereocenters. The fourth-order valence-electron chi connectivity index (χ4n) is 2.51. The number of rotatable bonds is 7. The first-order valence-electron chi connectivity index (χ1n) is 8.06. The number of aliphatic imine (C=N–C) groups is 1. The van der Waals surface area contributed by atoms with Gasteiger partial charge in [-0.05, 0) is 36.2 Å². The van der Waals surface area contributed by atoms with Crippen LogP contribution < -0.4 is 20.1 Å². The number of nitrogens with zero attached hydrogens (tertiary/aromatic N) is 1. The topological polar surface area (TPSA) is 54.9 Å². The van der Waals surface area contributed by atoms with Gasteiger partial charge in [0.2, 0.25) is 0 Å². The molecule has 0 aromatic heterocycles. The van der Waals surface area contributed by atoms with Gasteiger partial charge < -0.3 is 20.1 Å². The summed E-state index contributed by atoms with van der Waals surface area (Å²) in [6.07, 6.45) is 0.852. The maximum Gasteiger partial charge on any atom is 0.191 e. The maximum atomic E-state index is 5.40. The van der Waals surface area contributed by atoms with Crippen LogP contribution in [0.1, 0.15) is 11.1 Å². The molecule has 0 saturated heterocycles. The third-order valence-electron chi connectivity index (χ3n) is 3.79. The van der Waals surface area contributed by atoms with E-state index in [1.54, 1.807) is 21.3 Å². The molecule has 2 N–H and O–H groups in total. The number of para-hydroxylation sites is 1. The highest BCUT2D eigenvalue weighted by Crippen LogP contribution is 2.22. The molecule has 2 rings (SSSR count). The van der Waals surface area contributed by atoms with E-state index < -0.39 is 0 Å². The Kier molecular flexibility index (Phi) is 10.4. The van der Waals surface area contributed by atoms with Gasteiger partial charge in [0.25, 0.3) is 0 Å². The van der Waals surface area contributed by atoms with Crippen LogP contribution in [0.4, 0.5) is 0 Å². The second-order valence-electron chi connectivity index (χ2n) is 5.37. The standard InChI is InChI=1S/C19H24BrN3O2.HI/c1-21-19(22-11-10-14-6-4-5-7-17(14)24-2)23-13-15-12-16(20)8-9-18(15)25-3;/h4-9,12H,10-11,13H2,1-3H3,(H2,21,22,23);1H. The van der Waals surface area contributed by atoms with Crippen molar-refractivity contribution >= 4 is 45.9 Å². The van der Waals surface area contributed by atoms with Crippen LogP contribution in [-0.2, 0) is 13.0 Å². The summed E-state index contributed by atoms with van der Waals surface area (Å²) in [5.41, 5.74) is 2.23. The summed E-state index contributed by atoms with van der Waals surface area (Å²) < 4.78 is 11.8. The van der Waals surface area contributed by atoms with E-state index in [9.17, 15) is 0 Å². The van der Waals surface area contributed by atoms with Gasteiger partial charge in [-0.1, -0.05) is 34.1 Å². The highest BCUT2D eigenvalue weighted by atomic mass is 127. The molecule has 142 valence electrons. The van der Waals surface area contributed by atoms with Crippen molar-refractivity contribution in [2.45, 2.75) is 13.0 Å². The zero-order valence-corrected chi connectivity index (χ0v) is 19.1. The summed E-state index contributed by atoms with van der Waals surface area (Å²) in [5, 5.41) is 6.63. The second kappa shape index (κ2) is 12.0. The molecule has 26 heavy (non-hydrogen) atoms. The number of benzene rings is 2. The predicted molar refractivity (Wildman–Crippen MR) is 121 cm³/mol. The molecule has 0 unspecified atom stereocenters. The Labute approximate surface area is 180 Å². The van der Waals surface area contributed by atoms with Crippen molar-refractivity contribution in [3.05, 3.63) is 58.1 Å². The average Bonchev–Trinajstić information content (AvgIpc) is 2.65. The third kappa shape index (κ3) is 6.68. The van der Waals surface area contributed by atoms with Crippen molar-refractivity contribution in [3.63, 3.8) is 0 Å². The van der Waals surface area contributed by atoms with Crippen molar-refractivity contribution in [3.8, 4) is 11.5 Å². The van der Waals surface area contributed by atoms with E-state index in [0.717, 1.165) is 40.5 Å². The Morgan fingerprint density at radius 3 is 2.38 bits per heavy atom. The molecular weight excluding hydrogens is 509 g/mol. The van der Waals surface area contributed by atoms with Gasteiger partial charge >= 0.3 is 0 Å². The summed E-state index contributed by atoms with van der Waals surface area (Å²) in [4.78, 5) is 4.27. The Balaban J connectivity index is 0.00000338. The number of hydrogen-bond acceptors (Lipinski definition) is 3. The maximum absolute atomic E-state index is 5.40. The zero-order valence-electron chi connectivity index (χ0n) is 15.2. The number of hydrogen-bond donors (Lipinski definition) is 2. The highest BCUT2D eigenvalue weighted by Gasteiger charge is 2.06. The molecule has 0 amide bonds. The number of halogens is 2. The Bertz CT molecular complexity index is 726. The first-order chi connectivity index (χ1) is 12.2. The Morgan fingerprint density at radius 2 is 1.69 bits per heavy atom. The summed E-state index contributed by atoms with van der Waals surface area (Å²) in [6, 6.07) is 14.0. The van der Waals surface area contributed by atoms with Crippen LogP contribution in [0.25, 0.3) is 0 Å². The Morgan fingerprint density at radius 1 is 1.00 bits per heavy atom. The van der Waals surface area contributed by atoms with E-state index in [2.05, 4.69) is 37.6 Å². The lowest BCUT2D eigenvalue weighted by atomic mass is 10.1. The smallest absolute Gasteiger partial charge is 0.191 e. The van der Waals surface area contributed by atoms with E-state index in [1.165, 1.54) is 5.56 Å². The monoisotopic (exact) mass is 533 g/mol. The normalized spacial score (nSPS) is 10.7. The molecule has 0 heterocycles. The minimum Gasteiger partial charge on any atom is -0.496 e. The SMILES string of the molecule is CN=C(NCCc1ccccc1OC)NCc1cc(Br)ccc1OC.I. The molecule has 0 aliphatic rings. The van der Waals surface area contributed by atoms with Crippen molar-refractivity contribution in [1.29, 1.82) is 0 Å². The summed E-state index contributed by atoms with van der Waals surface area (Å²) in [5.74, 6) is 2.50. The molecule has 0 bridgehead atoms. The van der Waals surface area contributed by atoms with Gasteiger partial charge in [-0.2, -0.15) is 0 Å². The third-order valence-corrected chi connectivity index (χ3v) is 4.28. The van der Waals surface area contributed by atoms with Crippen molar-refractivity contribution in [1.82, 2.24) is 10.6 Å². The number of methoxy groups -OCH3 is 2. The fraction of sp³-hybridized carbons (Fsp3) is 0.316. The molecule has 0 aliphatic heterocycles. The molecular formula is C19H25BrIN3O2. The molecule has 0 aliphatic carbocycles. The first kappa shape index (κ1) is 22.6. The number of guanidine groups is 1. The second-order valence-corrected chi connectivity index (χ2v) is 6.29. The van der Waals surface area contributed by atoms with Gasteiger partial charge in [-0.25, -0.2) is 0 Å². The lowest BCUT2D eigenvalue weighted by Gasteiger charge is -2.14. The van der Waals surface area contributed by atoms with E-state index in [0.29, 0.717) is 6.54 Å². The van der Waals surface area contributed by atoms with E-state index in [1.807, 2.05) is 36.4 Å². The first-order valence-corrected chi connectivity index (χ1v) is 8.86. The van der Waals surface area contributed by atoms with Gasteiger partial charge in [0.1, 0.15) is 11.5 Å². The van der Waals surface area contributed by atoms with E-state index >= 15 is 0 Å². The van der Waals surface area contributed by atoms with E-state index in [4.69, 9.17) is 9.47 Å². The van der Waals surface area contributed by atoms with Crippen LogP contribution in [0.5, 0.6) is 11.5 Å². The fourth-order valence-corrected chi connectivity index (χ4v) is 2.92. The Hall–Kier alpha value is -1.48. The molecule has 0 radical (unpaired) electrons. The quantitative estimate of drug-likeness (QED) is 0.321. The van der Waals surface area contributed by atoms with Crippen LogP contribution in [0.3, 0.4) is 0 Å². The van der Waals surface area contributed by atoms with Gasteiger partial charge in [-0.3, -0.25) is 4.99 Å². The lowest BCUT2D eigenvalue weighted by Crippen LogP contribution is -2.37. The molecule has 0 saturated carbocycles. The van der Waals surface area contributed by atoms with E-state index in [-0.39, 0.29) is 24.0 Å². The lowest BCUT2D eigenvalue weighted by molar-refractivity contribution is 0.408. The predicted octanol–water partition coefficient (Wildman–Crippen LogP) is 3.99. The van der Waals surface area contributed by atoms with Gasteiger partial charge in [0.05, 0.1) is 14.2 Å². The summed E-state index contributed by atoms with van der Waals surface area (Å²) in [6.45, 7) is 1.38. The molecule has 7 heteroatoms. The highest BCUT2D eigenvalue weighted by molar-refractivity contribution is 14.0. The van der Waals surface area contributed by atoms with Crippen LogP contribution >= 0.6 is 39.9 Å². The summed E-state index contributed by atoms with van der Waals surface area (Å²) in [7, 11) is 5.13. The van der Waals surface area contributed by atoms with Crippen LogP contribution in [0.2, 0.25) is 0 Å². The van der Waals surface area contributed by atoms with Crippen LogP contribution in [-0.4, -0.2) is 33.8 Å². The molecule has 5 nitrogen and oxygen atoms in total. The van der Waals surface area contributed by atoms with Gasteiger partial charge in [-0.15, -0.1) is 24.0 Å². The van der Waals surface area contributed by atoms with Crippen LogP contribution in [0, 0.1) is 0 Å².